The van der Waals surface area contributed by atoms with Gasteiger partial charge in [0, 0.05) is 35.8 Å². The summed E-state index contributed by atoms with van der Waals surface area (Å²) >= 11 is 1.88. The Bertz CT molecular complexity index is 579. The Morgan fingerprint density at radius 3 is 3.00 bits per heavy atom. The van der Waals surface area contributed by atoms with Gasteiger partial charge in [0.05, 0.1) is 0 Å². The first-order chi connectivity index (χ1) is 9.72. The number of likely N-dealkylation sites (tertiary alicyclic amines) is 1. The van der Waals surface area contributed by atoms with Crippen LogP contribution >= 0.6 is 11.3 Å². The van der Waals surface area contributed by atoms with Crippen LogP contribution in [-0.4, -0.2) is 28.0 Å². The van der Waals surface area contributed by atoms with Gasteiger partial charge in [-0.05, 0) is 56.3 Å². The van der Waals surface area contributed by atoms with Gasteiger partial charge >= 0.3 is 0 Å². The molecule has 0 saturated carbocycles. The topological polar surface area (TPSA) is 29.0 Å². The molecule has 2 aromatic rings. The molecule has 0 N–H and O–H groups in total. The maximum absolute atomic E-state index is 4.61. The van der Waals surface area contributed by atoms with Gasteiger partial charge in [0.15, 0.2) is 0 Å². The summed E-state index contributed by atoms with van der Waals surface area (Å²) in [6.45, 7) is 7.59. The molecular weight excluding hydrogens is 266 g/mol. The van der Waals surface area contributed by atoms with E-state index in [4.69, 9.17) is 0 Å². The van der Waals surface area contributed by atoms with Crippen molar-refractivity contribution < 1.29 is 0 Å². The molecular formula is C16H21N3S. The second kappa shape index (κ2) is 6.02. The summed E-state index contributed by atoms with van der Waals surface area (Å²) in [7, 11) is 0. The Hall–Kier alpha value is -1.26. The van der Waals surface area contributed by atoms with Crippen molar-refractivity contribution in [1.29, 1.82) is 0 Å². The highest BCUT2D eigenvalue weighted by molar-refractivity contribution is 7.10. The monoisotopic (exact) mass is 287 g/mol. The van der Waals surface area contributed by atoms with Crippen molar-refractivity contribution in [2.45, 2.75) is 39.2 Å². The normalized spacial score (nSPS) is 20.2. The molecule has 3 rings (SSSR count). The first-order valence-corrected chi connectivity index (χ1v) is 8.15. The number of thiophene rings is 1. The van der Waals surface area contributed by atoms with Gasteiger partial charge in [-0.1, -0.05) is 0 Å². The van der Waals surface area contributed by atoms with E-state index in [1.54, 1.807) is 0 Å². The van der Waals surface area contributed by atoms with Crippen molar-refractivity contribution >= 4 is 11.3 Å². The number of nitrogens with zero attached hydrogens (tertiary/aromatic N) is 3. The average molecular weight is 287 g/mol. The third-order valence-corrected chi connectivity index (χ3v) is 5.06. The second-order valence-corrected chi connectivity index (χ2v) is 6.63. The fraction of sp³-hybridized carbons (Fsp3) is 0.500. The fourth-order valence-electron chi connectivity index (χ4n) is 2.91. The molecule has 0 aliphatic carbocycles. The number of aryl methyl sites for hydroxylation is 2. The summed E-state index contributed by atoms with van der Waals surface area (Å²) in [5, 5.41) is 2.19. The Labute approximate surface area is 124 Å². The van der Waals surface area contributed by atoms with Crippen LogP contribution in [0.2, 0.25) is 0 Å². The average Bonchev–Trinajstić information content (AvgIpc) is 2.85. The highest BCUT2D eigenvalue weighted by Gasteiger charge is 2.23. The van der Waals surface area contributed by atoms with Crippen LogP contribution in [0, 0.1) is 13.8 Å². The lowest BCUT2D eigenvalue weighted by Crippen LogP contribution is -2.34. The van der Waals surface area contributed by atoms with Crippen LogP contribution in [0.25, 0.3) is 0 Å². The summed E-state index contributed by atoms with van der Waals surface area (Å²) in [6, 6.07) is 4.30. The third kappa shape index (κ3) is 3.07. The molecule has 0 aromatic carbocycles. The molecule has 1 saturated heterocycles. The van der Waals surface area contributed by atoms with Crippen molar-refractivity contribution in [2.24, 2.45) is 0 Å². The molecule has 3 nitrogen and oxygen atoms in total. The van der Waals surface area contributed by atoms with Crippen LogP contribution in [0.3, 0.4) is 0 Å². The number of piperidine rings is 1. The molecule has 0 unspecified atom stereocenters. The third-order valence-electron chi connectivity index (χ3n) is 4.06. The van der Waals surface area contributed by atoms with Crippen LogP contribution in [0.4, 0.5) is 0 Å². The van der Waals surface area contributed by atoms with E-state index in [1.807, 2.05) is 24.5 Å². The predicted molar refractivity (Wildman–Crippen MR) is 83.1 cm³/mol. The molecule has 1 atom stereocenters. The van der Waals surface area contributed by atoms with Crippen LogP contribution in [0.5, 0.6) is 0 Å². The second-order valence-electron chi connectivity index (χ2n) is 5.63. The summed E-state index contributed by atoms with van der Waals surface area (Å²) in [6.07, 6.45) is 4.40. The molecule has 4 heteroatoms. The molecule has 0 amide bonds. The summed E-state index contributed by atoms with van der Waals surface area (Å²) in [4.78, 5) is 12.9. The molecule has 106 valence electrons. The Kier molecular flexibility index (Phi) is 4.13. The summed E-state index contributed by atoms with van der Waals surface area (Å²) in [5.41, 5.74) is 2.64. The number of rotatable bonds is 3. The van der Waals surface area contributed by atoms with E-state index in [0.29, 0.717) is 5.92 Å². The lowest BCUT2D eigenvalue weighted by molar-refractivity contribution is 0.199. The standard InChI is InChI=1S/C16H21N3S/c1-12-6-9-20-16(12)11-19-8-3-4-14(10-19)15-5-7-17-13(2)18-15/h5-7,9,14H,3-4,8,10-11H2,1-2H3/t14-/m0/s1. The molecule has 2 aromatic heterocycles. The maximum atomic E-state index is 4.61. The molecule has 1 aliphatic heterocycles. The van der Waals surface area contributed by atoms with E-state index in [9.17, 15) is 0 Å². The Morgan fingerprint density at radius 2 is 2.25 bits per heavy atom. The van der Waals surface area contributed by atoms with E-state index in [-0.39, 0.29) is 0 Å². The van der Waals surface area contributed by atoms with E-state index in [1.165, 1.54) is 35.5 Å². The molecule has 0 radical (unpaired) electrons. The van der Waals surface area contributed by atoms with Gasteiger partial charge in [-0.3, -0.25) is 4.90 Å². The zero-order valence-corrected chi connectivity index (χ0v) is 13.0. The van der Waals surface area contributed by atoms with Crippen LogP contribution < -0.4 is 0 Å². The van der Waals surface area contributed by atoms with Gasteiger partial charge in [0.1, 0.15) is 5.82 Å². The molecule has 0 spiro atoms. The van der Waals surface area contributed by atoms with Crippen molar-refractivity contribution in [3.63, 3.8) is 0 Å². The summed E-state index contributed by atoms with van der Waals surface area (Å²) < 4.78 is 0. The van der Waals surface area contributed by atoms with E-state index < -0.39 is 0 Å². The van der Waals surface area contributed by atoms with Gasteiger partial charge in [-0.2, -0.15) is 0 Å². The smallest absolute Gasteiger partial charge is 0.125 e. The van der Waals surface area contributed by atoms with Gasteiger partial charge < -0.3 is 0 Å². The van der Waals surface area contributed by atoms with Crippen molar-refractivity contribution in [3.8, 4) is 0 Å². The van der Waals surface area contributed by atoms with Crippen LogP contribution in [0.1, 0.15) is 40.7 Å². The Balaban J connectivity index is 1.69. The van der Waals surface area contributed by atoms with Gasteiger partial charge in [0.25, 0.3) is 0 Å². The fourth-order valence-corrected chi connectivity index (χ4v) is 3.86. The van der Waals surface area contributed by atoms with Gasteiger partial charge in [-0.15, -0.1) is 11.3 Å². The number of aromatic nitrogens is 2. The maximum Gasteiger partial charge on any atom is 0.125 e. The molecule has 1 aliphatic rings. The number of hydrogen-bond acceptors (Lipinski definition) is 4. The first kappa shape index (κ1) is 13.7. The zero-order valence-electron chi connectivity index (χ0n) is 12.2. The van der Waals surface area contributed by atoms with E-state index in [0.717, 1.165) is 18.9 Å². The summed E-state index contributed by atoms with van der Waals surface area (Å²) in [5.74, 6) is 1.44. The minimum absolute atomic E-state index is 0.561. The lowest BCUT2D eigenvalue weighted by atomic mass is 9.94. The largest absolute Gasteiger partial charge is 0.298 e. The highest BCUT2D eigenvalue weighted by Crippen LogP contribution is 2.27. The quantitative estimate of drug-likeness (QED) is 0.864. The molecule has 0 bridgehead atoms. The predicted octanol–water partition coefficient (Wildman–Crippen LogP) is 3.53. The molecule has 20 heavy (non-hydrogen) atoms. The van der Waals surface area contributed by atoms with Gasteiger partial charge in [0.2, 0.25) is 0 Å². The lowest BCUT2D eigenvalue weighted by Gasteiger charge is -2.32. The van der Waals surface area contributed by atoms with Crippen LogP contribution in [-0.2, 0) is 6.54 Å². The van der Waals surface area contributed by atoms with Gasteiger partial charge in [-0.25, -0.2) is 9.97 Å². The minimum atomic E-state index is 0.561. The molecule has 3 heterocycles. The zero-order chi connectivity index (χ0) is 13.9. The van der Waals surface area contributed by atoms with Crippen molar-refractivity contribution in [3.05, 3.63) is 45.7 Å². The van der Waals surface area contributed by atoms with Crippen LogP contribution in [0.15, 0.2) is 23.7 Å². The van der Waals surface area contributed by atoms with E-state index >= 15 is 0 Å². The molecule has 1 fully saturated rings. The first-order valence-electron chi connectivity index (χ1n) is 7.27. The minimum Gasteiger partial charge on any atom is -0.298 e. The van der Waals surface area contributed by atoms with E-state index in [2.05, 4.69) is 39.3 Å². The number of hydrogen-bond donors (Lipinski definition) is 0. The Morgan fingerprint density at radius 1 is 1.35 bits per heavy atom. The SMILES string of the molecule is Cc1nccc([C@H]2CCCN(Cc3sccc3C)C2)n1. The highest BCUT2D eigenvalue weighted by atomic mass is 32.1. The van der Waals surface area contributed by atoms with Crippen molar-refractivity contribution in [2.75, 3.05) is 13.1 Å². The van der Waals surface area contributed by atoms with Crippen molar-refractivity contribution in [1.82, 2.24) is 14.9 Å².